The van der Waals surface area contributed by atoms with Crippen LogP contribution in [-0.4, -0.2) is 23.2 Å². The minimum atomic E-state index is -0.202. The molecule has 1 amide bonds. The van der Waals surface area contributed by atoms with Crippen molar-refractivity contribution in [2.45, 2.75) is 26.2 Å². The largest absolute Gasteiger partial charge is 0.497 e. The highest BCUT2D eigenvalue weighted by Crippen LogP contribution is 2.20. The lowest BCUT2D eigenvalue weighted by molar-refractivity contribution is -0.115. The Hall–Kier alpha value is -3.15. The van der Waals surface area contributed by atoms with Gasteiger partial charge >= 0.3 is 0 Å². The van der Waals surface area contributed by atoms with Gasteiger partial charge in [-0.3, -0.25) is 4.79 Å². The van der Waals surface area contributed by atoms with Crippen LogP contribution in [0.5, 0.6) is 5.75 Å². The molecule has 1 aromatic heterocycles. The van der Waals surface area contributed by atoms with Gasteiger partial charge in [0.1, 0.15) is 12.2 Å². The quantitative estimate of drug-likeness (QED) is 0.725. The Balaban J connectivity index is 1.61. The standard InChI is InChI=1S/C20H21N3O3/c1-13(2)14-4-8-16(9-5-14)21-18(24)12-19-22-20(23-26-19)15-6-10-17(25-3)11-7-15/h4-11,13H,12H2,1-3H3,(H,21,24). The first-order chi connectivity index (χ1) is 12.5. The zero-order valence-corrected chi connectivity index (χ0v) is 15.0. The number of hydrogen-bond acceptors (Lipinski definition) is 5. The summed E-state index contributed by atoms with van der Waals surface area (Å²) in [6.07, 6.45) is 0.0229. The third-order valence-corrected chi connectivity index (χ3v) is 3.99. The van der Waals surface area contributed by atoms with Crippen LogP contribution in [0.25, 0.3) is 11.4 Å². The molecule has 0 fully saturated rings. The van der Waals surface area contributed by atoms with E-state index in [0.717, 1.165) is 17.0 Å². The fourth-order valence-corrected chi connectivity index (χ4v) is 2.48. The van der Waals surface area contributed by atoms with Crippen molar-refractivity contribution in [3.05, 3.63) is 60.0 Å². The molecule has 0 spiro atoms. The summed E-state index contributed by atoms with van der Waals surface area (Å²) < 4.78 is 10.3. The summed E-state index contributed by atoms with van der Waals surface area (Å²) in [7, 11) is 1.61. The molecular weight excluding hydrogens is 330 g/mol. The molecule has 0 atom stereocenters. The van der Waals surface area contributed by atoms with Crippen LogP contribution in [0, 0.1) is 0 Å². The first kappa shape index (κ1) is 17.7. The summed E-state index contributed by atoms with van der Waals surface area (Å²) in [5.41, 5.74) is 2.77. The fourth-order valence-electron chi connectivity index (χ4n) is 2.48. The maximum absolute atomic E-state index is 12.2. The first-order valence-corrected chi connectivity index (χ1v) is 8.42. The number of ether oxygens (including phenoxy) is 1. The molecule has 0 radical (unpaired) electrons. The van der Waals surface area contributed by atoms with E-state index in [1.807, 2.05) is 48.5 Å². The zero-order chi connectivity index (χ0) is 18.5. The van der Waals surface area contributed by atoms with Crippen molar-refractivity contribution in [2.75, 3.05) is 12.4 Å². The normalized spacial score (nSPS) is 10.8. The maximum Gasteiger partial charge on any atom is 0.236 e. The Morgan fingerprint density at radius 3 is 2.42 bits per heavy atom. The Morgan fingerprint density at radius 1 is 1.12 bits per heavy atom. The molecule has 26 heavy (non-hydrogen) atoms. The fraction of sp³-hybridized carbons (Fsp3) is 0.250. The number of carbonyl (C=O) groups is 1. The number of nitrogens with one attached hydrogen (secondary N) is 1. The van der Waals surface area contributed by atoms with Crippen molar-refractivity contribution in [3.63, 3.8) is 0 Å². The average molecular weight is 351 g/mol. The summed E-state index contributed by atoms with van der Waals surface area (Å²) in [4.78, 5) is 16.4. The van der Waals surface area contributed by atoms with Gasteiger partial charge in [-0.15, -0.1) is 0 Å². The molecule has 0 aliphatic carbocycles. The predicted molar refractivity (Wildman–Crippen MR) is 99.2 cm³/mol. The molecule has 1 N–H and O–H groups in total. The minimum absolute atomic E-state index is 0.0229. The number of anilines is 1. The summed E-state index contributed by atoms with van der Waals surface area (Å²) in [6.45, 7) is 4.26. The average Bonchev–Trinajstić information content (AvgIpc) is 3.10. The second kappa shape index (κ2) is 7.82. The molecule has 1 heterocycles. The Bertz CT molecular complexity index is 868. The smallest absolute Gasteiger partial charge is 0.236 e. The number of amides is 1. The highest BCUT2D eigenvalue weighted by molar-refractivity contribution is 5.91. The van der Waals surface area contributed by atoms with E-state index in [2.05, 4.69) is 29.3 Å². The van der Waals surface area contributed by atoms with Gasteiger partial charge in [-0.2, -0.15) is 4.98 Å². The van der Waals surface area contributed by atoms with E-state index in [1.54, 1.807) is 7.11 Å². The van der Waals surface area contributed by atoms with Crippen LogP contribution in [0.4, 0.5) is 5.69 Å². The molecule has 0 unspecified atom stereocenters. The predicted octanol–water partition coefficient (Wildman–Crippen LogP) is 4.05. The molecule has 3 aromatic rings. The number of rotatable bonds is 6. The summed E-state index contributed by atoms with van der Waals surface area (Å²) in [6, 6.07) is 15.1. The van der Waals surface area contributed by atoms with Crippen molar-refractivity contribution in [1.82, 2.24) is 10.1 Å². The number of hydrogen-bond donors (Lipinski definition) is 1. The van der Waals surface area contributed by atoms with E-state index in [-0.39, 0.29) is 18.2 Å². The van der Waals surface area contributed by atoms with Gasteiger partial charge in [0.25, 0.3) is 0 Å². The molecule has 0 saturated heterocycles. The number of aromatic nitrogens is 2. The molecule has 6 nitrogen and oxygen atoms in total. The van der Waals surface area contributed by atoms with Gasteiger partial charge in [-0.1, -0.05) is 31.1 Å². The van der Waals surface area contributed by atoms with Crippen LogP contribution in [-0.2, 0) is 11.2 Å². The van der Waals surface area contributed by atoms with Gasteiger partial charge in [0.05, 0.1) is 7.11 Å². The van der Waals surface area contributed by atoms with E-state index in [1.165, 1.54) is 5.56 Å². The maximum atomic E-state index is 12.2. The molecular formula is C20H21N3O3. The Labute approximate surface area is 152 Å². The van der Waals surface area contributed by atoms with Gasteiger partial charge in [0, 0.05) is 11.3 Å². The third-order valence-electron chi connectivity index (χ3n) is 3.99. The van der Waals surface area contributed by atoms with Crippen molar-refractivity contribution in [3.8, 4) is 17.1 Å². The lowest BCUT2D eigenvalue weighted by Gasteiger charge is -2.07. The van der Waals surface area contributed by atoms with E-state index in [9.17, 15) is 4.79 Å². The molecule has 2 aromatic carbocycles. The number of methoxy groups -OCH3 is 1. The summed E-state index contributed by atoms with van der Waals surface area (Å²) in [5, 5.41) is 6.76. The van der Waals surface area contributed by atoms with Crippen LogP contribution in [0.2, 0.25) is 0 Å². The van der Waals surface area contributed by atoms with E-state index < -0.39 is 0 Å². The van der Waals surface area contributed by atoms with Crippen molar-refractivity contribution >= 4 is 11.6 Å². The van der Waals surface area contributed by atoms with Crippen LogP contribution in [0.3, 0.4) is 0 Å². The molecule has 0 saturated carbocycles. The number of benzene rings is 2. The van der Waals surface area contributed by atoms with Crippen molar-refractivity contribution in [2.24, 2.45) is 0 Å². The third kappa shape index (κ3) is 4.27. The lowest BCUT2D eigenvalue weighted by Crippen LogP contribution is -2.14. The molecule has 0 aliphatic heterocycles. The number of nitrogens with zero attached hydrogens (tertiary/aromatic N) is 2. The molecule has 3 rings (SSSR count). The molecule has 0 bridgehead atoms. The van der Waals surface area contributed by atoms with Crippen molar-refractivity contribution < 1.29 is 14.1 Å². The lowest BCUT2D eigenvalue weighted by atomic mass is 10.0. The Morgan fingerprint density at radius 2 is 1.81 bits per heavy atom. The second-order valence-electron chi connectivity index (χ2n) is 6.24. The van der Waals surface area contributed by atoms with Crippen molar-refractivity contribution in [1.29, 1.82) is 0 Å². The first-order valence-electron chi connectivity index (χ1n) is 8.42. The Kier molecular flexibility index (Phi) is 5.31. The van der Waals surface area contributed by atoms with Crippen LogP contribution in [0.15, 0.2) is 53.1 Å². The zero-order valence-electron chi connectivity index (χ0n) is 15.0. The second-order valence-corrected chi connectivity index (χ2v) is 6.24. The molecule has 134 valence electrons. The summed E-state index contributed by atoms with van der Waals surface area (Å²) in [5.74, 6) is 1.71. The van der Waals surface area contributed by atoms with Gasteiger partial charge in [0.15, 0.2) is 0 Å². The summed E-state index contributed by atoms with van der Waals surface area (Å²) >= 11 is 0. The van der Waals surface area contributed by atoms with E-state index in [4.69, 9.17) is 9.26 Å². The minimum Gasteiger partial charge on any atom is -0.497 e. The number of carbonyl (C=O) groups excluding carboxylic acids is 1. The van der Waals surface area contributed by atoms with Gasteiger partial charge < -0.3 is 14.6 Å². The van der Waals surface area contributed by atoms with Crippen LogP contribution >= 0.6 is 0 Å². The van der Waals surface area contributed by atoms with Gasteiger partial charge in [-0.05, 0) is 47.9 Å². The van der Waals surface area contributed by atoms with Crippen LogP contribution in [0.1, 0.15) is 31.2 Å². The van der Waals surface area contributed by atoms with Gasteiger partial charge in [0.2, 0.25) is 17.6 Å². The monoisotopic (exact) mass is 351 g/mol. The highest BCUT2D eigenvalue weighted by Gasteiger charge is 2.13. The van der Waals surface area contributed by atoms with Gasteiger partial charge in [-0.25, -0.2) is 0 Å². The van der Waals surface area contributed by atoms with Crippen LogP contribution < -0.4 is 10.1 Å². The SMILES string of the molecule is COc1ccc(-c2noc(CC(=O)Nc3ccc(C(C)C)cc3)n2)cc1. The molecule has 0 aliphatic rings. The molecule has 6 heteroatoms. The topological polar surface area (TPSA) is 77.2 Å². The highest BCUT2D eigenvalue weighted by atomic mass is 16.5. The van der Waals surface area contributed by atoms with E-state index in [0.29, 0.717) is 11.7 Å². The van der Waals surface area contributed by atoms with E-state index >= 15 is 0 Å².